The van der Waals surface area contributed by atoms with Gasteiger partial charge in [-0.15, -0.1) is 0 Å². The number of nitrogens with one attached hydrogen (secondary N) is 1. The normalized spacial score (nSPS) is 12.4. The Kier molecular flexibility index (Phi) is 16.8. The molecule has 42 heavy (non-hydrogen) atoms. The third kappa shape index (κ3) is 16.0. The number of esters is 1. The van der Waals surface area contributed by atoms with Gasteiger partial charge in [0.15, 0.2) is 0 Å². The van der Waals surface area contributed by atoms with Crippen LogP contribution in [0.4, 0.5) is 0 Å². The van der Waals surface area contributed by atoms with Gasteiger partial charge in [-0.3, -0.25) is 9.59 Å². The highest BCUT2D eigenvalue weighted by atomic mass is 16.5. The number of ether oxygens (including phenoxy) is 1. The van der Waals surface area contributed by atoms with E-state index in [2.05, 4.69) is 53.8 Å². The van der Waals surface area contributed by atoms with E-state index in [0.717, 1.165) is 29.5 Å². The van der Waals surface area contributed by atoms with Gasteiger partial charge < -0.3 is 15.2 Å². The van der Waals surface area contributed by atoms with Crippen LogP contribution in [0, 0.1) is 0 Å². The number of carbonyl (C=O) groups is 2. The van der Waals surface area contributed by atoms with Crippen molar-refractivity contribution in [3.63, 3.8) is 0 Å². The van der Waals surface area contributed by atoms with Crippen molar-refractivity contribution < 1.29 is 19.4 Å². The van der Waals surface area contributed by atoms with Crippen LogP contribution in [0.2, 0.25) is 0 Å². The third-order valence-electron chi connectivity index (χ3n) is 7.98. The molecule has 0 aliphatic heterocycles. The molecule has 5 nitrogen and oxygen atoms in total. The van der Waals surface area contributed by atoms with Crippen LogP contribution in [0.5, 0.6) is 5.75 Å². The number of hydrogen-bond donors (Lipinski definition) is 2. The van der Waals surface area contributed by atoms with Gasteiger partial charge in [0.25, 0.3) is 0 Å². The van der Waals surface area contributed by atoms with Crippen LogP contribution in [0.1, 0.15) is 175 Å². The lowest BCUT2D eigenvalue weighted by Gasteiger charge is -2.28. The van der Waals surface area contributed by atoms with Crippen LogP contribution >= 0.6 is 0 Å². The van der Waals surface area contributed by atoms with Gasteiger partial charge in [-0.05, 0) is 54.2 Å². The molecule has 0 heterocycles. The Balaban J connectivity index is 2.33. The molecule has 0 spiro atoms. The van der Waals surface area contributed by atoms with Gasteiger partial charge in [-0.25, -0.2) is 0 Å². The second-order valence-corrected chi connectivity index (χ2v) is 15.1. The van der Waals surface area contributed by atoms with Crippen molar-refractivity contribution in [1.29, 1.82) is 0 Å². The number of phenols is 1. The SMILES string of the molecule is CCCCCCCCCCCCCCCC(=O)NC(C)(C)COC(=O)CCc1cc(C(C)(C)C)c(O)c(C(C)(C)C)c1. The van der Waals surface area contributed by atoms with Gasteiger partial charge in [0.1, 0.15) is 12.4 Å². The molecule has 1 rings (SSSR count). The minimum absolute atomic E-state index is 0.0210. The predicted octanol–water partition coefficient (Wildman–Crippen LogP) is 9.84. The van der Waals surface area contributed by atoms with Gasteiger partial charge in [-0.1, -0.05) is 138 Å². The number of aryl methyl sites for hydroxylation is 1. The number of aromatic hydroxyl groups is 1. The van der Waals surface area contributed by atoms with Crippen LogP contribution in [-0.4, -0.2) is 29.1 Å². The zero-order chi connectivity index (χ0) is 31.8. The van der Waals surface area contributed by atoms with E-state index in [1.165, 1.54) is 70.6 Å². The van der Waals surface area contributed by atoms with Crippen LogP contribution < -0.4 is 5.32 Å². The van der Waals surface area contributed by atoms with Crippen molar-refractivity contribution in [3.8, 4) is 5.75 Å². The number of carbonyl (C=O) groups excluding carboxylic acids is 2. The molecule has 0 radical (unpaired) electrons. The third-order valence-corrected chi connectivity index (χ3v) is 7.98. The summed E-state index contributed by atoms with van der Waals surface area (Å²) < 4.78 is 5.57. The summed E-state index contributed by atoms with van der Waals surface area (Å²) in [6.45, 7) is 18.7. The molecule has 1 aromatic carbocycles. The van der Waals surface area contributed by atoms with E-state index in [0.29, 0.717) is 18.6 Å². The van der Waals surface area contributed by atoms with Gasteiger partial charge in [0.2, 0.25) is 5.91 Å². The summed E-state index contributed by atoms with van der Waals surface area (Å²) in [6, 6.07) is 4.02. The fourth-order valence-corrected chi connectivity index (χ4v) is 5.34. The fraction of sp³-hybridized carbons (Fsp3) is 0.784. The highest BCUT2D eigenvalue weighted by Gasteiger charge is 2.27. The number of benzene rings is 1. The summed E-state index contributed by atoms with van der Waals surface area (Å²) in [7, 11) is 0. The van der Waals surface area contributed by atoms with Crippen molar-refractivity contribution in [2.24, 2.45) is 0 Å². The summed E-state index contributed by atoms with van der Waals surface area (Å²) in [5.74, 6) is 0.0850. The van der Waals surface area contributed by atoms with E-state index < -0.39 is 5.54 Å². The molecule has 1 amide bonds. The molecule has 0 aliphatic carbocycles. The van der Waals surface area contributed by atoms with Gasteiger partial charge in [0.05, 0.1) is 5.54 Å². The van der Waals surface area contributed by atoms with Crippen molar-refractivity contribution in [3.05, 3.63) is 28.8 Å². The average Bonchev–Trinajstić information content (AvgIpc) is 2.88. The van der Waals surface area contributed by atoms with Gasteiger partial charge in [0, 0.05) is 12.8 Å². The van der Waals surface area contributed by atoms with E-state index in [1.54, 1.807) is 0 Å². The predicted molar refractivity (Wildman–Crippen MR) is 177 cm³/mol. The summed E-state index contributed by atoms with van der Waals surface area (Å²) in [4.78, 5) is 25.1. The Morgan fingerprint density at radius 1 is 0.690 bits per heavy atom. The zero-order valence-electron chi connectivity index (χ0n) is 28.8. The quantitative estimate of drug-likeness (QED) is 0.118. The second-order valence-electron chi connectivity index (χ2n) is 15.1. The van der Waals surface area contributed by atoms with E-state index in [1.807, 2.05) is 26.0 Å². The number of unbranched alkanes of at least 4 members (excludes halogenated alkanes) is 12. The molecule has 242 valence electrons. The topological polar surface area (TPSA) is 75.6 Å². The lowest BCUT2D eigenvalue weighted by atomic mass is 9.78. The summed E-state index contributed by atoms with van der Waals surface area (Å²) in [6.07, 6.45) is 18.0. The molecule has 0 aliphatic rings. The van der Waals surface area contributed by atoms with E-state index >= 15 is 0 Å². The van der Waals surface area contributed by atoms with Gasteiger partial charge in [-0.2, -0.15) is 0 Å². The Morgan fingerprint density at radius 3 is 1.55 bits per heavy atom. The van der Waals surface area contributed by atoms with Crippen LogP contribution in [0.3, 0.4) is 0 Å². The molecule has 0 saturated heterocycles. The molecule has 0 saturated carbocycles. The average molecular weight is 588 g/mol. The Bertz CT molecular complexity index is 901. The van der Waals surface area contributed by atoms with Crippen molar-refractivity contribution in [2.45, 2.75) is 181 Å². The van der Waals surface area contributed by atoms with E-state index in [9.17, 15) is 14.7 Å². The molecular weight excluding hydrogens is 522 g/mol. The van der Waals surface area contributed by atoms with E-state index in [4.69, 9.17) is 4.74 Å². The monoisotopic (exact) mass is 587 g/mol. The first-order chi connectivity index (χ1) is 19.6. The molecule has 0 unspecified atom stereocenters. The lowest BCUT2D eigenvalue weighted by Crippen LogP contribution is -2.47. The van der Waals surface area contributed by atoms with Gasteiger partial charge >= 0.3 is 5.97 Å². The highest BCUT2D eigenvalue weighted by Crippen LogP contribution is 2.40. The maximum Gasteiger partial charge on any atom is 0.306 e. The van der Waals surface area contributed by atoms with E-state index in [-0.39, 0.29) is 35.7 Å². The first kappa shape index (κ1) is 38.0. The Labute approximate surface area is 259 Å². The molecule has 2 N–H and O–H groups in total. The highest BCUT2D eigenvalue weighted by molar-refractivity contribution is 5.76. The molecule has 1 aromatic rings. The minimum atomic E-state index is -0.610. The first-order valence-corrected chi connectivity index (χ1v) is 16.9. The van der Waals surface area contributed by atoms with Crippen LogP contribution in [0.25, 0.3) is 0 Å². The van der Waals surface area contributed by atoms with Crippen molar-refractivity contribution in [2.75, 3.05) is 6.61 Å². The Morgan fingerprint density at radius 2 is 1.12 bits per heavy atom. The maximum absolute atomic E-state index is 12.6. The molecular formula is C37H65NO4. The zero-order valence-corrected chi connectivity index (χ0v) is 28.8. The minimum Gasteiger partial charge on any atom is -0.507 e. The summed E-state index contributed by atoms with van der Waals surface area (Å²) >= 11 is 0. The number of amides is 1. The molecule has 0 atom stereocenters. The smallest absolute Gasteiger partial charge is 0.306 e. The largest absolute Gasteiger partial charge is 0.507 e. The number of phenolic OH excluding ortho intramolecular Hbond substituents is 1. The number of rotatable bonds is 20. The molecule has 0 aromatic heterocycles. The maximum atomic E-state index is 12.6. The second kappa shape index (κ2) is 18.6. The van der Waals surface area contributed by atoms with Crippen molar-refractivity contribution >= 4 is 11.9 Å². The summed E-state index contributed by atoms with van der Waals surface area (Å²) in [5.41, 5.74) is 1.77. The standard InChI is InChI=1S/C37H65NO4/c1-10-11-12-13-14-15-16-17-18-19-20-21-22-23-32(39)38-37(8,9)28-42-33(40)25-24-29-26-30(35(2,3)4)34(41)31(27-29)36(5,6)7/h26-27,41H,10-25,28H2,1-9H3,(H,38,39). The first-order valence-electron chi connectivity index (χ1n) is 16.9. The Hall–Kier alpha value is -2.04. The molecule has 5 heteroatoms. The fourth-order valence-electron chi connectivity index (χ4n) is 5.34. The van der Waals surface area contributed by atoms with Crippen LogP contribution in [0.15, 0.2) is 12.1 Å². The molecule has 0 fully saturated rings. The number of hydrogen-bond acceptors (Lipinski definition) is 4. The lowest BCUT2D eigenvalue weighted by molar-refractivity contribution is -0.146. The van der Waals surface area contributed by atoms with Crippen LogP contribution in [-0.2, 0) is 31.6 Å². The molecule has 0 bridgehead atoms. The summed E-state index contributed by atoms with van der Waals surface area (Å²) in [5, 5.41) is 14.0. The van der Waals surface area contributed by atoms with Crippen molar-refractivity contribution in [1.82, 2.24) is 5.32 Å².